The van der Waals surface area contributed by atoms with Crippen molar-refractivity contribution in [3.63, 3.8) is 0 Å². The molecule has 0 amide bonds. The molecule has 0 spiro atoms. The highest BCUT2D eigenvalue weighted by molar-refractivity contribution is 7.99. The predicted octanol–water partition coefficient (Wildman–Crippen LogP) is 9.42. The van der Waals surface area contributed by atoms with E-state index in [1.54, 1.807) is 0 Å². The van der Waals surface area contributed by atoms with Gasteiger partial charge in [0.15, 0.2) is 0 Å². The Labute approximate surface area is 268 Å². The van der Waals surface area contributed by atoms with Crippen molar-refractivity contribution in [3.05, 3.63) is 16.7 Å². The molecule has 2 N–H and O–H groups in total. The number of carbonyl (C=O) groups excluding carboxylic acids is 1. The van der Waals surface area contributed by atoms with E-state index in [0.29, 0.717) is 37.3 Å². The van der Waals surface area contributed by atoms with Gasteiger partial charge >= 0.3 is 5.97 Å². The van der Waals surface area contributed by atoms with Crippen molar-refractivity contribution >= 4 is 27.8 Å². The maximum absolute atomic E-state index is 12.5. The second kappa shape index (κ2) is 22.3. The van der Waals surface area contributed by atoms with E-state index in [1.165, 1.54) is 102 Å². The van der Waals surface area contributed by atoms with E-state index in [-0.39, 0.29) is 23.9 Å². The number of ether oxygens (including phenoxy) is 1. The molecular formula is C35H61NO5S2. The lowest BCUT2D eigenvalue weighted by atomic mass is 9.95. The van der Waals surface area contributed by atoms with Crippen molar-refractivity contribution in [1.29, 1.82) is 0 Å². The lowest BCUT2D eigenvalue weighted by Crippen LogP contribution is -2.27. The topological polar surface area (TPSA) is 92.7 Å². The maximum atomic E-state index is 12.5. The number of carbonyl (C=O) groups is 1. The minimum Gasteiger partial charge on any atom is -0.506 e. The summed E-state index contributed by atoms with van der Waals surface area (Å²) < 4.78 is 33.4. The Bertz CT molecular complexity index is 1040. The zero-order chi connectivity index (χ0) is 31.3. The zero-order valence-corrected chi connectivity index (χ0v) is 29.2. The molecule has 0 bridgehead atoms. The number of thioether (sulfide) groups is 1. The van der Waals surface area contributed by atoms with Crippen LogP contribution in [0.4, 0.5) is 0 Å². The first-order valence-electron chi connectivity index (χ1n) is 17.5. The van der Waals surface area contributed by atoms with E-state index >= 15 is 0 Å². The van der Waals surface area contributed by atoms with Gasteiger partial charge in [-0.25, -0.2) is 13.1 Å². The van der Waals surface area contributed by atoms with E-state index < -0.39 is 10.0 Å². The van der Waals surface area contributed by atoms with Crippen LogP contribution in [0.2, 0.25) is 0 Å². The van der Waals surface area contributed by atoms with E-state index in [1.807, 2.05) is 6.92 Å². The molecule has 0 radical (unpaired) electrons. The Morgan fingerprint density at radius 2 is 1.23 bits per heavy atom. The van der Waals surface area contributed by atoms with E-state index in [0.717, 1.165) is 47.3 Å². The molecule has 0 fully saturated rings. The molecule has 8 heteroatoms. The Morgan fingerprint density at radius 3 is 1.77 bits per heavy atom. The molecule has 0 aromatic heterocycles. The lowest BCUT2D eigenvalue weighted by molar-refractivity contribution is -0.131. The molecule has 2 rings (SSSR count). The highest BCUT2D eigenvalue weighted by Crippen LogP contribution is 2.47. The number of nitrogens with one attached hydrogen (secondary N) is 1. The number of hydrogen-bond donors (Lipinski definition) is 2. The summed E-state index contributed by atoms with van der Waals surface area (Å²) in [5, 5.41) is 11.1. The van der Waals surface area contributed by atoms with Crippen LogP contribution < -0.4 is 9.46 Å². The first kappa shape index (κ1) is 37.9. The molecule has 248 valence electrons. The van der Waals surface area contributed by atoms with Crippen molar-refractivity contribution in [2.45, 2.75) is 167 Å². The fourth-order valence-electron chi connectivity index (χ4n) is 6.00. The molecule has 0 aliphatic carbocycles. The van der Waals surface area contributed by atoms with Crippen LogP contribution in [0.25, 0.3) is 0 Å². The van der Waals surface area contributed by atoms with Crippen LogP contribution in [0.5, 0.6) is 11.5 Å². The smallest absolute Gasteiger partial charge is 0.315 e. The van der Waals surface area contributed by atoms with Crippen LogP contribution in [0, 0.1) is 0 Å². The van der Waals surface area contributed by atoms with Gasteiger partial charge in [0.2, 0.25) is 10.0 Å². The molecule has 1 aromatic carbocycles. The molecule has 1 aromatic rings. The highest BCUT2D eigenvalue weighted by atomic mass is 32.2. The summed E-state index contributed by atoms with van der Waals surface area (Å²) in [6, 6.07) is 0. The Balaban J connectivity index is 1.58. The summed E-state index contributed by atoms with van der Waals surface area (Å²) in [4.78, 5) is 12.8. The number of sulfonamides is 1. The van der Waals surface area contributed by atoms with Crippen LogP contribution >= 0.6 is 11.8 Å². The molecule has 1 heterocycles. The van der Waals surface area contributed by atoms with Gasteiger partial charge in [0.05, 0.1) is 17.1 Å². The van der Waals surface area contributed by atoms with Crippen molar-refractivity contribution in [2.75, 3.05) is 18.1 Å². The van der Waals surface area contributed by atoms with Crippen LogP contribution in [-0.4, -0.2) is 37.5 Å². The lowest BCUT2D eigenvalue weighted by Gasteiger charge is -2.18. The third-order valence-corrected chi connectivity index (χ3v) is 11.1. The van der Waals surface area contributed by atoms with E-state index in [2.05, 4.69) is 18.6 Å². The molecule has 0 saturated heterocycles. The quantitative estimate of drug-likeness (QED) is 0.0431. The van der Waals surface area contributed by atoms with Gasteiger partial charge in [0.1, 0.15) is 11.5 Å². The van der Waals surface area contributed by atoms with Gasteiger partial charge in [0.25, 0.3) is 0 Å². The fraction of sp³-hybridized carbons (Fsp3) is 0.800. The van der Waals surface area contributed by atoms with Gasteiger partial charge in [-0.15, -0.1) is 11.8 Å². The molecule has 6 nitrogen and oxygen atoms in total. The molecular weight excluding hydrogens is 579 g/mol. The van der Waals surface area contributed by atoms with Crippen molar-refractivity contribution in [3.8, 4) is 11.5 Å². The molecule has 1 aliphatic heterocycles. The van der Waals surface area contributed by atoms with Crippen LogP contribution in [0.3, 0.4) is 0 Å². The third-order valence-electron chi connectivity index (χ3n) is 8.38. The molecule has 0 unspecified atom stereocenters. The van der Waals surface area contributed by atoms with Gasteiger partial charge in [-0.3, -0.25) is 4.79 Å². The van der Waals surface area contributed by atoms with Crippen LogP contribution in [-0.2, 0) is 34.1 Å². The second-order valence-electron chi connectivity index (χ2n) is 12.3. The molecule has 1 aliphatic rings. The number of unbranched alkanes of at least 4 members (excludes halogenated alkanes) is 15. The Kier molecular flexibility index (Phi) is 19.7. The number of hydrogen-bond acceptors (Lipinski definition) is 6. The predicted molar refractivity (Wildman–Crippen MR) is 182 cm³/mol. The SMILES string of the molecule is CCCCCCCCCCCCCCCCCCNS(=O)(=O)CCCSc1c(O)c(CCC)c2c(c1CCC)OC(=O)C2. The van der Waals surface area contributed by atoms with Crippen molar-refractivity contribution < 1.29 is 23.1 Å². The van der Waals surface area contributed by atoms with E-state index in [9.17, 15) is 18.3 Å². The van der Waals surface area contributed by atoms with Gasteiger partial charge in [-0.1, -0.05) is 130 Å². The molecule has 0 saturated carbocycles. The van der Waals surface area contributed by atoms with E-state index in [4.69, 9.17) is 4.74 Å². The normalized spacial score (nSPS) is 13.0. The summed E-state index contributed by atoms with van der Waals surface area (Å²) in [6.45, 7) is 6.89. The van der Waals surface area contributed by atoms with Crippen molar-refractivity contribution in [1.82, 2.24) is 4.72 Å². The molecule has 0 atom stereocenters. The minimum atomic E-state index is -3.32. The van der Waals surface area contributed by atoms with Crippen LogP contribution in [0.1, 0.15) is 159 Å². The average Bonchev–Trinajstić information content (AvgIpc) is 3.37. The second-order valence-corrected chi connectivity index (χ2v) is 15.3. The number of esters is 1. The summed E-state index contributed by atoms with van der Waals surface area (Å²) in [7, 11) is -3.32. The zero-order valence-electron chi connectivity index (χ0n) is 27.6. The first-order chi connectivity index (χ1) is 20.8. The number of rotatable bonds is 27. The summed E-state index contributed by atoms with van der Waals surface area (Å²) in [6.07, 6.45) is 24.7. The summed E-state index contributed by atoms with van der Waals surface area (Å²) in [5.41, 5.74) is 2.52. The summed E-state index contributed by atoms with van der Waals surface area (Å²) in [5.74, 6) is 1.25. The van der Waals surface area contributed by atoms with Gasteiger partial charge in [-0.2, -0.15) is 0 Å². The number of phenolic OH excluding ortho intramolecular Hbond substituents is 1. The monoisotopic (exact) mass is 639 g/mol. The number of benzene rings is 1. The minimum absolute atomic E-state index is 0.0739. The van der Waals surface area contributed by atoms with Gasteiger partial charge < -0.3 is 9.84 Å². The van der Waals surface area contributed by atoms with Crippen molar-refractivity contribution in [2.24, 2.45) is 0 Å². The van der Waals surface area contributed by atoms with Gasteiger partial charge in [0, 0.05) is 23.2 Å². The number of aromatic hydroxyl groups is 1. The molecule has 43 heavy (non-hydrogen) atoms. The maximum Gasteiger partial charge on any atom is 0.315 e. The number of phenols is 1. The average molecular weight is 640 g/mol. The number of fused-ring (bicyclic) bond motifs is 1. The Morgan fingerprint density at radius 1 is 0.721 bits per heavy atom. The summed E-state index contributed by atoms with van der Waals surface area (Å²) >= 11 is 1.48. The first-order valence-corrected chi connectivity index (χ1v) is 20.2. The third kappa shape index (κ3) is 14.6. The highest BCUT2D eigenvalue weighted by Gasteiger charge is 2.31. The van der Waals surface area contributed by atoms with Crippen LogP contribution in [0.15, 0.2) is 4.90 Å². The Hall–Kier alpha value is -1.25. The largest absolute Gasteiger partial charge is 0.506 e. The van der Waals surface area contributed by atoms with Gasteiger partial charge in [-0.05, 0) is 31.4 Å². The fourth-order valence-corrected chi connectivity index (χ4v) is 8.43. The standard InChI is InChI=1S/C35H61NO5S2/c1-4-7-8-9-10-11-12-13-14-15-16-17-18-19-20-21-25-36-43(39,40)27-22-26-42-35-30(24-6-3)34-31(28-32(37)41-34)29(23-5-2)33(35)38/h36,38H,4-28H2,1-3H3.